The Morgan fingerprint density at radius 1 is 1.08 bits per heavy atom. The molecule has 0 amide bonds. The minimum Gasteiger partial charge on any atom is -0.251 e. The lowest BCUT2D eigenvalue weighted by Gasteiger charge is -2.22. The van der Waals surface area contributed by atoms with Crippen LogP contribution in [0.4, 0.5) is 30.7 Å². The van der Waals surface area contributed by atoms with Gasteiger partial charge in [0.15, 0.2) is 0 Å². The van der Waals surface area contributed by atoms with Crippen LogP contribution in [0.1, 0.15) is 6.42 Å². The number of rotatable bonds is 4. The summed E-state index contributed by atoms with van der Waals surface area (Å²) in [6.45, 7) is -1.70. The Morgan fingerprint density at radius 2 is 1.54 bits per heavy atom. The van der Waals surface area contributed by atoms with Crippen molar-refractivity contribution in [1.29, 1.82) is 0 Å². The van der Waals surface area contributed by atoms with Gasteiger partial charge in [-0.1, -0.05) is 0 Å². The summed E-state index contributed by atoms with van der Waals surface area (Å²) in [7, 11) is 0. The van der Waals surface area contributed by atoms with Crippen molar-refractivity contribution in [2.45, 2.75) is 18.3 Å². The van der Waals surface area contributed by atoms with Crippen LogP contribution >= 0.6 is 0 Å². The van der Waals surface area contributed by atoms with Crippen LogP contribution in [0.5, 0.6) is 0 Å². The highest BCUT2D eigenvalue weighted by Gasteiger charge is 2.54. The van der Waals surface area contributed by atoms with Gasteiger partial charge in [-0.3, -0.25) is 4.39 Å². The van der Waals surface area contributed by atoms with Crippen LogP contribution < -0.4 is 0 Å². The van der Waals surface area contributed by atoms with E-state index in [0.717, 1.165) is 0 Å². The van der Waals surface area contributed by atoms with Crippen molar-refractivity contribution in [3.8, 4) is 0 Å². The van der Waals surface area contributed by atoms with E-state index in [1.807, 2.05) is 0 Å². The third kappa shape index (κ3) is 3.23. The van der Waals surface area contributed by atoms with Gasteiger partial charge in [-0.15, -0.1) is 0 Å². The summed E-state index contributed by atoms with van der Waals surface area (Å²) in [6, 6.07) is 0. The summed E-state index contributed by atoms with van der Waals surface area (Å²) in [5.41, 5.74) is 0. The van der Waals surface area contributed by atoms with Crippen LogP contribution in [-0.4, -0.2) is 18.5 Å². The highest BCUT2D eigenvalue weighted by Crippen LogP contribution is 2.38. The molecule has 0 aliphatic carbocycles. The smallest absolute Gasteiger partial charge is 0.251 e. The Balaban J connectivity index is 4.70. The average Bonchev–Trinajstić information content (AvgIpc) is 1.82. The second-order valence-electron chi connectivity index (χ2n) is 2.20. The monoisotopic (exact) mass is 210 g/mol. The SMILES string of the molecule is FCCC(F)(F)C(F)(F)C=C(F)F. The van der Waals surface area contributed by atoms with Gasteiger partial charge in [-0.25, -0.2) is 0 Å². The first-order valence-electron chi connectivity index (χ1n) is 3.08. The van der Waals surface area contributed by atoms with E-state index in [-0.39, 0.29) is 0 Å². The van der Waals surface area contributed by atoms with Gasteiger partial charge in [0.2, 0.25) is 0 Å². The average molecular weight is 210 g/mol. The summed E-state index contributed by atoms with van der Waals surface area (Å²) in [4.78, 5) is 0. The largest absolute Gasteiger partial charge is 0.334 e. The zero-order valence-electron chi connectivity index (χ0n) is 6.14. The fourth-order valence-corrected chi connectivity index (χ4v) is 0.528. The Kier molecular flexibility index (Phi) is 3.74. The summed E-state index contributed by atoms with van der Waals surface area (Å²) in [6.07, 6.45) is -5.89. The highest BCUT2D eigenvalue weighted by atomic mass is 19.3. The molecule has 7 heteroatoms. The van der Waals surface area contributed by atoms with Crippen molar-refractivity contribution in [3.63, 3.8) is 0 Å². The van der Waals surface area contributed by atoms with Crippen molar-refractivity contribution in [3.05, 3.63) is 12.2 Å². The molecule has 13 heavy (non-hydrogen) atoms. The molecule has 0 radical (unpaired) electrons. The maximum Gasteiger partial charge on any atom is 0.334 e. The number of halogens is 7. The van der Waals surface area contributed by atoms with Gasteiger partial charge in [-0.2, -0.15) is 26.3 Å². The molecule has 0 aromatic carbocycles. The van der Waals surface area contributed by atoms with Gasteiger partial charge >= 0.3 is 11.8 Å². The fourth-order valence-electron chi connectivity index (χ4n) is 0.528. The second kappa shape index (κ2) is 3.97. The molecule has 0 heterocycles. The molecule has 0 N–H and O–H groups in total. The lowest BCUT2D eigenvalue weighted by Crippen LogP contribution is -2.39. The third-order valence-electron chi connectivity index (χ3n) is 1.19. The van der Waals surface area contributed by atoms with E-state index >= 15 is 0 Å². The fraction of sp³-hybridized carbons (Fsp3) is 0.667. The van der Waals surface area contributed by atoms with Crippen molar-refractivity contribution < 1.29 is 30.7 Å². The van der Waals surface area contributed by atoms with Crippen LogP contribution in [0.15, 0.2) is 12.2 Å². The molecule has 0 rings (SSSR count). The van der Waals surface area contributed by atoms with Gasteiger partial charge < -0.3 is 0 Å². The van der Waals surface area contributed by atoms with E-state index in [4.69, 9.17) is 0 Å². The minimum atomic E-state index is -5.02. The zero-order valence-corrected chi connectivity index (χ0v) is 6.14. The third-order valence-corrected chi connectivity index (χ3v) is 1.19. The van der Waals surface area contributed by atoms with Gasteiger partial charge in [0.05, 0.1) is 12.8 Å². The lowest BCUT2D eigenvalue weighted by molar-refractivity contribution is -0.185. The van der Waals surface area contributed by atoms with Crippen LogP contribution in [0.3, 0.4) is 0 Å². The molecule has 0 fully saturated rings. The maximum absolute atomic E-state index is 12.2. The Morgan fingerprint density at radius 3 is 1.85 bits per heavy atom. The molecule has 0 bridgehead atoms. The first-order chi connectivity index (χ1) is 5.73. The molecule has 0 aromatic rings. The summed E-state index contributed by atoms with van der Waals surface area (Å²) >= 11 is 0. The second-order valence-corrected chi connectivity index (χ2v) is 2.20. The summed E-state index contributed by atoms with van der Waals surface area (Å²) < 4.78 is 82.6. The molecule has 0 atom stereocenters. The molecule has 0 nitrogen and oxygen atoms in total. The van der Waals surface area contributed by atoms with Crippen molar-refractivity contribution in [2.24, 2.45) is 0 Å². The topological polar surface area (TPSA) is 0 Å². The first-order valence-corrected chi connectivity index (χ1v) is 3.08. The van der Waals surface area contributed by atoms with Crippen molar-refractivity contribution >= 4 is 0 Å². The molecule has 0 aliphatic heterocycles. The lowest BCUT2D eigenvalue weighted by atomic mass is 10.1. The van der Waals surface area contributed by atoms with Gasteiger partial charge in [0.25, 0.3) is 6.08 Å². The Bertz CT molecular complexity index is 191. The number of allylic oxidation sites excluding steroid dienone is 1. The maximum atomic E-state index is 12.2. The van der Waals surface area contributed by atoms with Crippen LogP contribution in [0, 0.1) is 0 Å². The molecule has 0 spiro atoms. The predicted molar refractivity (Wildman–Crippen MR) is 30.8 cm³/mol. The first kappa shape index (κ1) is 12.2. The van der Waals surface area contributed by atoms with Crippen LogP contribution in [0.25, 0.3) is 0 Å². The molecule has 78 valence electrons. The molecule has 0 saturated carbocycles. The zero-order chi connectivity index (χ0) is 10.7. The van der Waals surface area contributed by atoms with Gasteiger partial charge in [0, 0.05) is 6.42 Å². The molecule has 0 aromatic heterocycles. The number of hydrogen-bond donors (Lipinski definition) is 0. The van der Waals surface area contributed by atoms with Crippen LogP contribution in [-0.2, 0) is 0 Å². The van der Waals surface area contributed by atoms with E-state index in [0.29, 0.717) is 0 Å². The molecule has 0 unspecified atom stereocenters. The Labute approximate surface area is 69.0 Å². The molecular formula is C6H5F7. The highest BCUT2D eigenvalue weighted by molar-refractivity contribution is 5.02. The van der Waals surface area contributed by atoms with Gasteiger partial charge in [-0.05, 0) is 0 Å². The standard InChI is InChI=1S/C6H5F7/c7-2-1-5(10,11)6(12,13)3-4(8)9/h3H,1-2H2. The predicted octanol–water partition coefficient (Wildman–Crippen LogP) is 3.40. The molecular weight excluding hydrogens is 205 g/mol. The Hall–Kier alpha value is -0.750. The van der Waals surface area contributed by atoms with Crippen molar-refractivity contribution in [2.75, 3.05) is 6.67 Å². The van der Waals surface area contributed by atoms with Crippen LogP contribution in [0.2, 0.25) is 0 Å². The van der Waals surface area contributed by atoms with E-state index in [1.165, 1.54) is 0 Å². The van der Waals surface area contributed by atoms with Crippen molar-refractivity contribution in [1.82, 2.24) is 0 Å². The summed E-state index contributed by atoms with van der Waals surface area (Å²) in [5.74, 6) is -9.80. The van der Waals surface area contributed by atoms with E-state index in [1.54, 1.807) is 0 Å². The van der Waals surface area contributed by atoms with Gasteiger partial charge in [0.1, 0.15) is 0 Å². The minimum absolute atomic E-state index is 1.18. The number of hydrogen-bond acceptors (Lipinski definition) is 0. The molecule has 0 saturated heterocycles. The molecule has 0 aliphatic rings. The van der Waals surface area contributed by atoms with E-state index in [9.17, 15) is 30.7 Å². The number of alkyl halides is 5. The normalized spacial score (nSPS) is 12.8. The summed E-state index contributed by atoms with van der Waals surface area (Å²) in [5, 5.41) is 0. The quantitative estimate of drug-likeness (QED) is 0.624. The van der Waals surface area contributed by atoms with E-state index < -0.39 is 37.1 Å². The van der Waals surface area contributed by atoms with E-state index in [2.05, 4.69) is 0 Å².